The summed E-state index contributed by atoms with van der Waals surface area (Å²) in [6.45, 7) is 0. The molecule has 0 fully saturated rings. The lowest BCUT2D eigenvalue weighted by molar-refractivity contribution is -0.388. The highest BCUT2D eigenvalue weighted by Gasteiger charge is 2.35. The van der Waals surface area contributed by atoms with Crippen molar-refractivity contribution >= 4 is 45.2 Å². The van der Waals surface area contributed by atoms with Crippen molar-refractivity contribution in [2.45, 2.75) is 22.1 Å². The number of nitro groups is 1. The summed E-state index contributed by atoms with van der Waals surface area (Å²) in [5.41, 5.74) is -3.58. The fourth-order valence-electron chi connectivity index (χ4n) is 1.87. The summed E-state index contributed by atoms with van der Waals surface area (Å²) in [5.74, 6) is 0. The van der Waals surface area contributed by atoms with E-state index < -0.39 is 62.0 Å². The second-order valence-corrected chi connectivity index (χ2v) is 10.4. The van der Waals surface area contributed by atoms with Gasteiger partial charge in [0.1, 0.15) is 0 Å². The van der Waals surface area contributed by atoms with Crippen molar-refractivity contribution in [3.05, 3.63) is 63.7 Å². The number of hydrogen-bond acceptors (Lipinski definition) is 6. The molecule has 172 valence electrons. The first-order chi connectivity index (χ1) is 13.7. The predicted octanol–water partition coefficient (Wildman–Crippen LogP) is 5.17. The molecule has 0 heterocycles. The molecule has 0 unspecified atom stereocenters. The molecule has 0 saturated heterocycles. The number of nitrogens with zero attached hydrogens (tertiary/aromatic N) is 1. The van der Waals surface area contributed by atoms with Crippen molar-refractivity contribution in [2.24, 2.45) is 0 Å². The number of benzene rings is 2. The minimum Gasteiger partial charge on any atom is -0.258 e. The molecule has 0 spiro atoms. The molecule has 0 saturated carbocycles. The summed E-state index contributed by atoms with van der Waals surface area (Å²) < 4.78 is 116. The molecule has 0 aliphatic carbocycles. The van der Waals surface area contributed by atoms with Gasteiger partial charge >= 0.3 is 12.4 Å². The Hall–Kier alpha value is -2.10. The second kappa shape index (κ2) is 9.18. The first kappa shape index (κ1) is 26.9. The van der Waals surface area contributed by atoms with E-state index in [4.69, 9.17) is 21.4 Å². The average molecular weight is 534 g/mol. The topological polar surface area (TPSA) is 111 Å². The number of nitro benzene ring substituents is 1. The Morgan fingerprint density at radius 1 is 0.774 bits per heavy atom. The van der Waals surface area contributed by atoms with Gasteiger partial charge in [0.25, 0.3) is 23.8 Å². The van der Waals surface area contributed by atoms with Gasteiger partial charge in [0, 0.05) is 27.4 Å². The maximum Gasteiger partial charge on any atom is 0.416 e. The van der Waals surface area contributed by atoms with E-state index in [1.54, 1.807) is 0 Å². The number of rotatable bonds is 3. The zero-order valence-corrected chi connectivity index (χ0v) is 17.4. The van der Waals surface area contributed by atoms with Crippen LogP contribution >= 0.6 is 21.4 Å². The van der Waals surface area contributed by atoms with E-state index in [1.165, 1.54) is 0 Å². The quantitative estimate of drug-likeness (QED) is 0.233. The Balaban J connectivity index is 0.000000316. The summed E-state index contributed by atoms with van der Waals surface area (Å²) in [5, 5.41) is 10.5. The molecule has 0 N–H and O–H groups in total. The van der Waals surface area contributed by atoms with Crippen molar-refractivity contribution in [3.8, 4) is 0 Å². The molecule has 0 amide bonds. The maximum atomic E-state index is 12.3. The van der Waals surface area contributed by atoms with Crippen LogP contribution in [0.15, 0.2) is 52.3 Å². The van der Waals surface area contributed by atoms with E-state index in [0.29, 0.717) is 18.2 Å². The third-order valence-corrected chi connectivity index (χ3v) is 5.91. The van der Waals surface area contributed by atoms with E-state index in [2.05, 4.69) is 0 Å². The van der Waals surface area contributed by atoms with Crippen molar-refractivity contribution in [3.63, 3.8) is 0 Å². The smallest absolute Gasteiger partial charge is 0.258 e. The molecular weight excluding hydrogens is 527 g/mol. The maximum absolute atomic E-state index is 12.3. The molecule has 2 rings (SSSR count). The predicted molar refractivity (Wildman–Crippen MR) is 95.6 cm³/mol. The Labute approximate surface area is 179 Å². The lowest BCUT2D eigenvalue weighted by Crippen LogP contribution is -2.07. The van der Waals surface area contributed by atoms with Crippen LogP contribution in [0.4, 0.5) is 32.0 Å². The molecule has 7 nitrogen and oxygen atoms in total. The van der Waals surface area contributed by atoms with Crippen LogP contribution in [0.5, 0.6) is 0 Å². The Bertz CT molecular complexity index is 1200. The van der Waals surface area contributed by atoms with E-state index in [9.17, 15) is 53.3 Å². The molecule has 2 aromatic carbocycles. The average Bonchev–Trinajstić information content (AvgIpc) is 2.59. The molecule has 17 heteroatoms. The molecular formula is C14H7Cl2F6NO6S2. The van der Waals surface area contributed by atoms with Crippen molar-refractivity contribution in [2.75, 3.05) is 0 Å². The van der Waals surface area contributed by atoms with E-state index in [0.717, 1.165) is 18.2 Å². The van der Waals surface area contributed by atoms with Gasteiger partial charge in [-0.25, -0.2) is 16.8 Å². The van der Waals surface area contributed by atoms with Gasteiger partial charge in [-0.15, -0.1) is 0 Å². The van der Waals surface area contributed by atoms with Crippen LogP contribution in [0.2, 0.25) is 0 Å². The third kappa shape index (κ3) is 7.83. The zero-order chi connectivity index (χ0) is 24.4. The summed E-state index contributed by atoms with van der Waals surface area (Å²) in [6.07, 6.45) is -9.38. The molecule has 0 atom stereocenters. The number of hydrogen-bond donors (Lipinski definition) is 0. The van der Waals surface area contributed by atoms with Gasteiger partial charge in [-0.1, -0.05) is 6.07 Å². The molecule has 0 aromatic heterocycles. The molecule has 31 heavy (non-hydrogen) atoms. The van der Waals surface area contributed by atoms with Gasteiger partial charge in [0.15, 0.2) is 4.90 Å². The first-order valence-corrected chi connectivity index (χ1v) is 11.8. The van der Waals surface area contributed by atoms with Crippen LogP contribution in [0.25, 0.3) is 0 Å². The van der Waals surface area contributed by atoms with Crippen molar-refractivity contribution in [1.82, 2.24) is 0 Å². The van der Waals surface area contributed by atoms with Gasteiger partial charge in [0.05, 0.1) is 20.9 Å². The fourth-order valence-corrected chi connectivity index (χ4v) is 3.67. The van der Waals surface area contributed by atoms with Gasteiger partial charge in [0.2, 0.25) is 0 Å². The standard InChI is InChI=1S/C7H3ClF3NO4S.C7H4ClF3O2S/c8-17(15,16)6-2-1-4(7(9,10)11)3-5(6)12(13)14;8-14(12,13)6-3-1-2-5(4-6)7(9,10)11/h1-3H;1-4H. The molecule has 2 aromatic rings. The highest BCUT2D eigenvalue weighted by atomic mass is 35.7. The molecule has 0 bridgehead atoms. The molecule has 0 aliphatic rings. The highest BCUT2D eigenvalue weighted by Crippen LogP contribution is 2.35. The van der Waals surface area contributed by atoms with Crippen molar-refractivity contribution in [1.29, 1.82) is 0 Å². The zero-order valence-electron chi connectivity index (χ0n) is 14.3. The monoisotopic (exact) mass is 533 g/mol. The van der Waals surface area contributed by atoms with Crippen LogP contribution in [0.1, 0.15) is 11.1 Å². The van der Waals surface area contributed by atoms with Crippen LogP contribution < -0.4 is 0 Å². The van der Waals surface area contributed by atoms with Gasteiger partial charge in [-0.3, -0.25) is 10.1 Å². The van der Waals surface area contributed by atoms with Gasteiger partial charge in [-0.2, -0.15) is 26.3 Å². The second-order valence-electron chi connectivity index (χ2n) is 5.34. The SMILES string of the molecule is O=S(=O)(Cl)c1cccc(C(F)(F)F)c1.O=[N+]([O-])c1cc(C(F)(F)F)ccc1S(=O)(=O)Cl. The minimum absolute atomic E-state index is 0.120. The number of halogens is 8. The fraction of sp³-hybridized carbons (Fsp3) is 0.143. The normalized spacial score (nSPS) is 12.6. The van der Waals surface area contributed by atoms with E-state index in [-0.39, 0.29) is 6.07 Å². The van der Waals surface area contributed by atoms with Crippen LogP contribution in [-0.4, -0.2) is 21.8 Å². The summed E-state index contributed by atoms with van der Waals surface area (Å²) in [4.78, 5) is 7.68. The Kier molecular flexibility index (Phi) is 7.97. The Morgan fingerprint density at radius 3 is 1.65 bits per heavy atom. The number of alkyl halides is 6. The lowest BCUT2D eigenvalue weighted by Gasteiger charge is -2.07. The lowest BCUT2D eigenvalue weighted by atomic mass is 10.2. The van der Waals surface area contributed by atoms with E-state index in [1.807, 2.05) is 0 Å². The molecule has 0 radical (unpaired) electrons. The van der Waals surface area contributed by atoms with Gasteiger partial charge in [-0.05, 0) is 30.3 Å². The first-order valence-electron chi connectivity index (χ1n) is 7.17. The Morgan fingerprint density at radius 2 is 1.26 bits per heavy atom. The largest absolute Gasteiger partial charge is 0.416 e. The minimum atomic E-state index is -4.81. The van der Waals surface area contributed by atoms with Gasteiger partial charge < -0.3 is 0 Å². The van der Waals surface area contributed by atoms with Crippen LogP contribution in [0.3, 0.4) is 0 Å². The van der Waals surface area contributed by atoms with Crippen LogP contribution in [0, 0.1) is 10.1 Å². The highest BCUT2D eigenvalue weighted by molar-refractivity contribution is 8.14. The van der Waals surface area contributed by atoms with Crippen LogP contribution in [-0.2, 0) is 30.5 Å². The summed E-state index contributed by atoms with van der Waals surface area (Å²) in [6, 6.07) is 4.21. The van der Waals surface area contributed by atoms with E-state index >= 15 is 0 Å². The third-order valence-electron chi connectivity index (χ3n) is 3.19. The molecule has 0 aliphatic heterocycles. The summed E-state index contributed by atoms with van der Waals surface area (Å²) in [7, 11) is 1.16. The summed E-state index contributed by atoms with van der Waals surface area (Å²) >= 11 is 0. The van der Waals surface area contributed by atoms with Crippen molar-refractivity contribution < 1.29 is 48.1 Å².